The molecular formula is C20H23N7O2. The summed E-state index contributed by atoms with van der Waals surface area (Å²) < 4.78 is 10.3. The number of hydrogen-bond donors (Lipinski definition) is 4. The van der Waals surface area contributed by atoms with E-state index >= 15 is 0 Å². The van der Waals surface area contributed by atoms with Crippen LogP contribution in [-0.2, 0) is 9.47 Å². The van der Waals surface area contributed by atoms with Crippen molar-refractivity contribution in [3.05, 3.63) is 42.2 Å². The first kappa shape index (κ1) is 18.9. The van der Waals surface area contributed by atoms with Gasteiger partial charge in [-0.1, -0.05) is 0 Å². The summed E-state index contributed by atoms with van der Waals surface area (Å²) in [6.45, 7) is 1.62. The topological polar surface area (TPSA) is 137 Å². The minimum absolute atomic E-state index is 0.180. The fraction of sp³-hybridized carbons (Fsp3) is 0.300. The number of hydrogen-bond acceptors (Lipinski definition) is 7. The molecule has 5 N–H and O–H groups in total. The van der Waals surface area contributed by atoms with Crippen LogP contribution in [0.2, 0.25) is 0 Å². The summed E-state index contributed by atoms with van der Waals surface area (Å²) in [4.78, 5) is 14.8. The van der Waals surface area contributed by atoms with Crippen LogP contribution >= 0.6 is 0 Å². The first-order valence-corrected chi connectivity index (χ1v) is 9.37. The fourth-order valence-corrected chi connectivity index (χ4v) is 3.76. The number of methoxy groups -OCH3 is 1. The largest absolute Gasteiger partial charge is 0.407 e. The minimum Gasteiger partial charge on any atom is -0.407 e. The second-order valence-electron chi connectivity index (χ2n) is 6.94. The Hall–Kier alpha value is -3.46. The maximum atomic E-state index is 7.97. The SMILES string of the molecule is COCC1CCCN1c1ccnc(-c2c[nH]c3ccc(C(=N)OC(=N)N)cc23)n1. The average Bonchev–Trinajstić information content (AvgIpc) is 3.34. The number of H-pyrrole nitrogens is 1. The summed E-state index contributed by atoms with van der Waals surface area (Å²) in [5.74, 6) is 1.31. The summed E-state index contributed by atoms with van der Waals surface area (Å²) in [5, 5.41) is 16.0. The summed E-state index contributed by atoms with van der Waals surface area (Å²) in [5.41, 5.74) is 7.48. The summed E-state index contributed by atoms with van der Waals surface area (Å²) in [6.07, 6.45) is 5.83. The second kappa shape index (κ2) is 7.88. The van der Waals surface area contributed by atoms with Crippen LogP contribution in [0.1, 0.15) is 18.4 Å². The molecule has 2 aromatic heterocycles. The minimum atomic E-state index is -0.517. The molecule has 150 valence electrons. The van der Waals surface area contributed by atoms with Crippen molar-refractivity contribution in [2.45, 2.75) is 18.9 Å². The monoisotopic (exact) mass is 393 g/mol. The van der Waals surface area contributed by atoms with Crippen molar-refractivity contribution in [2.24, 2.45) is 5.73 Å². The second-order valence-corrected chi connectivity index (χ2v) is 6.94. The van der Waals surface area contributed by atoms with Gasteiger partial charge in [-0.05, 0) is 37.1 Å². The fourth-order valence-electron chi connectivity index (χ4n) is 3.76. The molecule has 0 aliphatic carbocycles. The highest BCUT2D eigenvalue weighted by molar-refractivity contribution is 6.03. The van der Waals surface area contributed by atoms with Gasteiger partial charge in [-0.25, -0.2) is 9.97 Å². The molecule has 9 heteroatoms. The van der Waals surface area contributed by atoms with Crippen LogP contribution in [0.4, 0.5) is 5.82 Å². The number of fused-ring (bicyclic) bond motifs is 1. The van der Waals surface area contributed by atoms with Crippen LogP contribution < -0.4 is 10.6 Å². The third kappa shape index (κ3) is 3.77. The zero-order chi connectivity index (χ0) is 20.4. The highest BCUT2D eigenvalue weighted by Crippen LogP contribution is 2.30. The van der Waals surface area contributed by atoms with Crippen LogP contribution in [0.25, 0.3) is 22.3 Å². The maximum absolute atomic E-state index is 7.97. The smallest absolute Gasteiger partial charge is 0.285 e. The lowest BCUT2D eigenvalue weighted by Crippen LogP contribution is -2.33. The molecular weight excluding hydrogens is 370 g/mol. The van der Waals surface area contributed by atoms with E-state index < -0.39 is 6.02 Å². The molecule has 1 unspecified atom stereocenters. The van der Waals surface area contributed by atoms with Crippen molar-refractivity contribution in [3.8, 4) is 11.4 Å². The van der Waals surface area contributed by atoms with E-state index in [0.717, 1.165) is 41.7 Å². The van der Waals surface area contributed by atoms with Gasteiger partial charge in [-0.15, -0.1) is 0 Å². The third-order valence-corrected chi connectivity index (χ3v) is 5.07. The molecule has 4 rings (SSSR count). The molecule has 0 spiro atoms. The van der Waals surface area contributed by atoms with Crippen molar-refractivity contribution >= 4 is 28.6 Å². The molecule has 3 aromatic rings. The van der Waals surface area contributed by atoms with Gasteiger partial charge in [0.05, 0.1) is 12.6 Å². The predicted octanol–water partition coefficient (Wildman–Crippen LogP) is 2.48. The summed E-state index contributed by atoms with van der Waals surface area (Å²) >= 11 is 0. The van der Waals surface area contributed by atoms with E-state index in [1.165, 1.54) is 0 Å². The number of aromatic amines is 1. The molecule has 0 amide bonds. The number of ether oxygens (including phenoxy) is 2. The number of nitrogens with one attached hydrogen (secondary N) is 3. The molecule has 9 nitrogen and oxygen atoms in total. The first-order chi connectivity index (χ1) is 14.1. The lowest BCUT2D eigenvalue weighted by molar-refractivity contribution is 0.180. The average molecular weight is 393 g/mol. The van der Waals surface area contributed by atoms with E-state index in [9.17, 15) is 0 Å². The van der Waals surface area contributed by atoms with E-state index in [1.807, 2.05) is 24.4 Å². The molecule has 3 heterocycles. The van der Waals surface area contributed by atoms with Gasteiger partial charge >= 0.3 is 0 Å². The van der Waals surface area contributed by atoms with Crippen LogP contribution in [0.15, 0.2) is 36.7 Å². The highest BCUT2D eigenvalue weighted by Gasteiger charge is 2.26. The molecule has 0 saturated carbocycles. The summed E-state index contributed by atoms with van der Waals surface area (Å²) in [6, 6.07) is 7.13. The van der Waals surface area contributed by atoms with Gasteiger partial charge in [-0.3, -0.25) is 10.8 Å². The number of amidine groups is 1. The van der Waals surface area contributed by atoms with Gasteiger partial charge in [0.2, 0.25) is 5.90 Å². The van der Waals surface area contributed by atoms with Crippen molar-refractivity contribution in [3.63, 3.8) is 0 Å². The molecule has 0 bridgehead atoms. The molecule has 1 aliphatic heterocycles. The van der Waals surface area contributed by atoms with Crippen LogP contribution in [0.5, 0.6) is 0 Å². The van der Waals surface area contributed by atoms with Gasteiger partial charge < -0.3 is 25.1 Å². The summed E-state index contributed by atoms with van der Waals surface area (Å²) in [7, 11) is 1.72. The number of benzene rings is 1. The Morgan fingerprint density at radius 3 is 3.00 bits per heavy atom. The quantitative estimate of drug-likeness (QED) is 0.388. The predicted molar refractivity (Wildman–Crippen MR) is 111 cm³/mol. The van der Waals surface area contributed by atoms with E-state index in [0.29, 0.717) is 24.0 Å². The maximum Gasteiger partial charge on any atom is 0.285 e. The Bertz CT molecular complexity index is 1060. The Balaban J connectivity index is 1.69. The normalized spacial score (nSPS) is 16.3. The molecule has 1 aromatic carbocycles. The highest BCUT2D eigenvalue weighted by atomic mass is 16.5. The number of aromatic nitrogens is 3. The zero-order valence-corrected chi connectivity index (χ0v) is 16.1. The molecule has 1 fully saturated rings. The number of anilines is 1. The van der Waals surface area contributed by atoms with Crippen LogP contribution in [-0.4, -0.2) is 53.2 Å². The lowest BCUT2D eigenvalue weighted by atomic mass is 10.1. The Kier molecular flexibility index (Phi) is 5.13. The standard InChI is InChI=1S/C20H23N7O2/c1-28-11-13-3-2-8-27(13)17-6-7-24-19(26-17)15-10-25-16-5-4-12(9-14(15)16)18(21)29-20(22)23/h4-7,9-10,13,21,25H,2-3,8,11H2,1H3,(H3,22,23). The van der Waals surface area contributed by atoms with Crippen LogP contribution in [0.3, 0.4) is 0 Å². The van der Waals surface area contributed by atoms with E-state index in [4.69, 9.17) is 31.0 Å². The van der Waals surface area contributed by atoms with Gasteiger partial charge in [0.1, 0.15) is 5.82 Å². The van der Waals surface area contributed by atoms with E-state index in [1.54, 1.807) is 19.4 Å². The molecule has 29 heavy (non-hydrogen) atoms. The van der Waals surface area contributed by atoms with Gasteiger partial charge in [0.15, 0.2) is 5.82 Å². The number of nitrogens with zero attached hydrogens (tertiary/aromatic N) is 3. The zero-order valence-electron chi connectivity index (χ0n) is 16.1. The molecule has 0 radical (unpaired) electrons. The number of nitrogens with two attached hydrogens (primary N) is 1. The molecule has 1 saturated heterocycles. The van der Waals surface area contributed by atoms with Gasteiger partial charge in [-0.2, -0.15) is 0 Å². The van der Waals surface area contributed by atoms with Crippen molar-refractivity contribution in [1.29, 1.82) is 10.8 Å². The van der Waals surface area contributed by atoms with Crippen LogP contribution in [0, 0.1) is 10.8 Å². The number of rotatable bonds is 5. The van der Waals surface area contributed by atoms with E-state index in [-0.39, 0.29) is 5.90 Å². The van der Waals surface area contributed by atoms with Crippen molar-refractivity contribution < 1.29 is 9.47 Å². The van der Waals surface area contributed by atoms with Crippen molar-refractivity contribution in [1.82, 2.24) is 15.0 Å². The third-order valence-electron chi connectivity index (χ3n) is 5.07. The Morgan fingerprint density at radius 1 is 1.34 bits per heavy atom. The van der Waals surface area contributed by atoms with Gasteiger partial charge in [0.25, 0.3) is 6.02 Å². The molecule has 1 aliphatic rings. The van der Waals surface area contributed by atoms with Crippen molar-refractivity contribution in [2.75, 3.05) is 25.2 Å². The van der Waals surface area contributed by atoms with Gasteiger partial charge in [0, 0.05) is 48.1 Å². The Morgan fingerprint density at radius 2 is 2.21 bits per heavy atom. The van der Waals surface area contributed by atoms with E-state index in [2.05, 4.69) is 14.9 Å². The first-order valence-electron chi connectivity index (χ1n) is 9.37. The Labute approximate surface area is 167 Å². The molecule has 1 atom stereocenters. The lowest BCUT2D eigenvalue weighted by Gasteiger charge is -2.25.